The van der Waals surface area contributed by atoms with Crippen LogP contribution in [0.1, 0.15) is 28.7 Å². The van der Waals surface area contributed by atoms with Crippen LogP contribution < -0.4 is 5.32 Å². The number of hydrogen-bond donors (Lipinski definition) is 1. The third-order valence-corrected chi connectivity index (χ3v) is 4.18. The van der Waals surface area contributed by atoms with Crippen molar-refractivity contribution in [3.63, 3.8) is 0 Å². The second-order valence-corrected chi connectivity index (χ2v) is 5.67. The van der Waals surface area contributed by atoms with Gasteiger partial charge >= 0.3 is 0 Å². The van der Waals surface area contributed by atoms with Gasteiger partial charge in [-0.05, 0) is 54.5 Å². The van der Waals surface area contributed by atoms with Gasteiger partial charge in [-0.1, -0.05) is 36.4 Å². The van der Waals surface area contributed by atoms with Crippen LogP contribution in [0.3, 0.4) is 0 Å². The quantitative estimate of drug-likeness (QED) is 0.894. The van der Waals surface area contributed by atoms with E-state index in [0.717, 1.165) is 31.4 Å². The lowest BCUT2D eigenvalue weighted by atomic mass is 9.88. The fourth-order valence-corrected chi connectivity index (χ4v) is 2.88. The molecule has 3 rings (SSSR count). The number of rotatable bonds is 3. The number of nitrogens with one attached hydrogen (secondary N) is 1. The molecule has 1 N–H and O–H groups in total. The molecular formula is C18H20FN. The van der Waals surface area contributed by atoms with Crippen LogP contribution in [0.25, 0.3) is 0 Å². The van der Waals surface area contributed by atoms with Crippen molar-refractivity contribution in [1.29, 1.82) is 0 Å². The molecule has 0 aromatic heterocycles. The van der Waals surface area contributed by atoms with Crippen molar-refractivity contribution in [1.82, 2.24) is 5.32 Å². The van der Waals surface area contributed by atoms with Gasteiger partial charge in [-0.15, -0.1) is 0 Å². The lowest BCUT2D eigenvalue weighted by molar-refractivity contribution is 0.457. The summed E-state index contributed by atoms with van der Waals surface area (Å²) in [7, 11) is 0. The van der Waals surface area contributed by atoms with E-state index in [1.165, 1.54) is 11.1 Å². The topological polar surface area (TPSA) is 12.0 Å². The van der Waals surface area contributed by atoms with Crippen LogP contribution in [-0.4, -0.2) is 6.04 Å². The SMILES string of the molecule is Cc1ccc(CNC2CCc3ccccc3C2)cc1F. The summed E-state index contributed by atoms with van der Waals surface area (Å²) in [6, 6.07) is 14.6. The van der Waals surface area contributed by atoms with E-state index in [9.17, 15) is 4.39 Å². The Kier molecular flexibility index (Phi) is 3.83. The van der Waals surface area contributed by atoms with Crippen molar-refractivity contribution in [2.75, 3.05) is 0 Å². The molecule has 0 saturated carbocycles. The van der Waals surface area contributed by atoms with Gasteiger partial charge in [0.25, 0.3) is 0 Å². The van der Waals surface area contributed by atoms with Crippen LogP contribution in [0.5, 0.6) is 0 Å². The van der Waals surface area contributed by atoms with Gasteiger partial charge < -0.3 is 5.32 Å². The molecule has 1 aliphatic carbocycles. The van der Waals surface area contributed by atoms with Gasteiger partial charge in [0, 0.05) is 12.6 Å². The lowest BCUT2D eigenvalue weighted by Crippen LogP contribution is -2.34. The van der Waals surface area contributed by atoms with Crippen LogP contribution in [0, 0.1) is 12.7 Å². The summed E-state index contributed by atoms with van der Waals surface area (Å²) in [6.07, 6.45) is 3.37. The third-order valence-electron chi connectivity index (χ3n) is 4.18. The summed E-state index contributed by atoms with van der Waals surface area (Å²) in [5, 5.41) is 3.56. The Bertz CT molecular complexity index is 606. The minimum Gasteiger partial charge on any atom is -0.310 e. The number of fused-ring (bicyclic) bond motifs is 1. The van der Waals surface area contributed by atoms with Gasteiger partial charge in [-0.3, -0.25) is 0 Å². The van der Waals surface area contributed by atoms with E-state index in [1.807, 2.05) is 12.1 Å². The predicted octanol–water partition coefficient (Wildman–Crippen LogP) is 3.78. The predicted molar refractivity (Wildman–Crippen MR) is 80.2 cm³/mol. The first kappa shape index (κ1) is 13.3. The van der Waals surface area contributed by atoms with E-state index in [0.29, 0.717) is 11.6 Å². The highest BCUT2D eigenvalue weighted by Gasteiger charge is 2.17. The van der Waals surface area contributed by atoms with Crippen molar-refractivity contribution >= 4 is 0 Å². The Labute approximate surface area is 119 Å². The van der Waals surface area contributed by atoms with Crippen molar-refractivity contribution in [2.24, 2.45) is 0 Å². The molecule has 1 aliphatic rings. The Morgan fingerprint density at radius 2 is 1.95 bits per heavy atom. The normalized spacial score (nSPS) is 17.8. The minimum atomic E-state index is -0.113. The van der Waals surface area contributed by atoms with Crippen molar-refractivity contribution < 1.29 is 4.39 Å². The highest BCUT2D eigenvalue weighted by Crippen LogP contribution is 2.21. The second-order valence-electron chi connectivity index (χ2n) is 5.67. The van der Waals surface area contributed by atoms with Gasteiger partial charge in [0.15, 0.2) is 0 Å². The number of halogens is 1. The molecule has 0 radical (unpaired) electrons. The summed E-state index contributed by atoms with van der Waals surface area (Å²) >= 11 is 0. The van der Waals surface area contributed by atoms with Gasteiger partial charge in [0.05, 0.1) is 0 Å². The molecule has 0 fully saturated rings. The fraction of sp³-hybridized carbons (Fsp3) is 0.333. The van der Waals surface area contributed by atoms with Crippen molar-refractivity contribution in [2.45, 2.75) is 38.8 Å². The van der Waals surface area contributed by atoms with Crippen LogP contribution in [0.4, 0.5) is 4.39 Å². The lowest BCUT2D eigenvalue weighted by Gasteiger charge is -2.25. The highest BCUT2D eigenvalue weighted by molar-refractivity contribution is 5.30. The Balaban J connectivity index is 1.61. The molecule has 2 heteroatoms. The maximum absolute atomic E-state index is 13.5. The molecule has 1 atom stereocenters. The molecule has 0 heterocycles. The molecular weight excluding hydrogens is 249 g/mol. The summed E-state index contributed by atoms with van der Waals surface area (Å²) in [6.45, 7) is 2.54. The second kappa shape index (κ2) is 5.76. The first-order valence-corrected chi connectivity index (χ1v) is 7.27. The molecule has 2 aromatic rings. The molecule has 0 bridgehead atoms. The molecule has 104 valence electrons. The Hall–Kier alpha value is -1.67. The van der Waals surface area contributed by atoms with Crippen molar-refractivity contribution in [3.05, 3.63) is 70.5 Å². The molecule has 0 aliphatic heterocycles. The zero-order valence-corrected chi connectivity index (χ0v) is 11.8. The maximum atomic E-state index is 13.5. The Morgan fingerprint density at radius 3 is 2.75 bits per heavy atom. The molecule has 0 amide bonds. The molecule has 20 heavy (non-hydrogen) atoms. The molecule has 0 saturated heterocycles. The summed E-state index contributed by atoms with van der Waals surface area (Å²) in [4.78, 5) is 0. The van der Waals surface area contributed by atoms with Crippen LogP contribution in [0.15, 0.2) is 42.5 Å². The first-order chi connectivity index (χ1) is 9.72. The maximum Gasteiger partial charge on any atom is 0.126 e. The third kappa shape index (κ3) is 2.91. The molecule has 1 unspecified atom stereocenters. The molecule has 0 spiro atoms. The van der Waals surface area contributed by atoms with E-state index in [2.05, 4.69) is 29.6 Å². The van der Waals surface area contributed by atoms with E-state index in [1.54, 1.807) is 13.0 Å². The van der Waals surface area contributed by atoms with Crippen LogP contribution in [-0.2, 0) is 19.4 Å². The van der Waals surface area contributed by atoms with Gasteiger partial charge in [0.2, 0.25) is 0 Å². The smallest absolute Gasteiger partial charge is 0.126 e. The average Bonchev–Trinajstić information content (AvgIpc) is 2.48. The van der Waals surface area contributed by atoms with Gasteiger partial charge in [0.1, 0.15) is 5.82 Å². The minimum absolute atomic E-state index is 0.113. The monoisotopic (exact) mass is 269 g/mol. The summed E-state index contributed by atoms with van der Waals surface area (Å²) < 4.78 is 13.5. The first-order valence-electron chi connectivity index (χ1n) is 7.27. The highest BCUT2D eigenvalue weighted by atomic mass is 19.1. The van der Waals surface area contributed by atoms with E-state index in [4.69, 9.17) is 0 Å². The van der Waals surface area contributed by atoms with E-state index < -0.39 is 0 Å². The summed E-state index contributed by atoms with van der Waals surface area (Å²) in [5.74, 6) is -0.113. The van der Waals surface area contributed by atoms with Crippen LogP contribution in [0.2, 0.25) is 0 Å². The van der Waals surface area contributed by atoms with E-state index >= 15 is 0 Å². The van der Waals surface area contributed by atoms with Crippen molar-refractivity contribution in [3.8, 4) is 0 Å². The number of hydrogen-bond acceptors (Lipinski definition) is 1. The number of aryl methyl sites for hydroxylation is 2. The fourth-order valence-electron chi connectivity index (χ4n) is 2.88. The molecule has 1 nitrogen and oxygen atoms in total. The van der Waals surface area contributed by atoms with E-state index in [-0.39, 0.29) is 5.82 Å². The largest absolute Gasteiger partial charge is 0.310 e. The number of benzene rings is 2. The zero-order chi connectivity index (χ0) is 13.9. The van der Waals surface area contributed by atoms with Crippen LogP contribution >= 0.6 is 0 Å². The Morgan fingerprint density at radius 1 is 1.15 bits per heavy atom. The zero-order valence-electron chi connectivity index (χ0n) is 11.8. The van der Waals surface area contributed by atoms with Gasteiger partial charge in [-0.2, -0.15) is 0 Å². The van der Waals surface area contributed by atoms with Gasteiger partial charge in [-0.25, -0.2) is 4.39 Å². The molecule has 2 aromatic carbocycles. The summed E-state index contributed by atoms with van der Waals surface area (Å²) in [5.41, 5.74) is 4.66. The average molecular weight is 269 g/mol. The standard InChI is InChI=1S/C18H20FN/c1-13-6-7-14(10-18(13)19)12-20-17-9-8-15-4-2-3-5-16(15)11-17/h2-7,10,17,20H,8-9,11-12H2,1H3.